The molecule has 16 heavy (non-hydrogen) atoms. The van der Waals surface area contributed by atoms with E-state index in [1.165, 1.54) is 0 Å². The van der Waals surface area contributed by atoms with Crippen LogP contribution in [0.15, 0.2) is 0 Å². The second kappa shape index (κ2) is 9.82. The van der Waals surface area contributed by atoms with Crippen LogP contribution in [0.25, 0.3) is 0 Å². The summed E-state index contributed by atoms with van der Waals surface area (Å²) in [5.41, 5.74) is 0. The number of carbonyl (C=O) groups excluding carboxylic acids is 2. The Morgan fingerprint density at radius 2 is 1.88 bits per heavy atom. The molecule has 0 rings (SSSR count). The molecule has 0 aromatic carbocycles. The van der Waals surface area contributed by atoms with Gasteiger partial charge in [0.1, 0.15) is 0 Å². The zero-order chi connectivity index (χ0) is 12.4. The van der Waals surface area contributed by atoms with E-state index in [-0.39, 0.29) is 32.2 Å². The zero-order valence-electron chi connectivity index (χ0n) is 9.90. The summed E-state index contributed by atoms with van der Waals surface area (Å²) in [4.78, 5) is 22.2. The SMILES string of the molecule is CCCC(=O)OCC(O)C[Se]C(=O)CCC. The van der Waals surface area contributed by atoms with E-state index in [2.05, 4.69) is 0 Å². The van der Waals surface area contributed by atoms with E-state index < -0.39 is 6.10 Å². The van der Waals surface area contributed by atoms with Gasteiger partial charge in [-0.3, -0.25) is 0 Å². The molecule has 5 heteroatoms. The fourth-order valence-corrected chi connectivity index (χ4v) is 2.71. The van der Waals surface area contributed by atoms with Crippen LogP contribution >= 0.6 is 0 Å². The fourth-order valence-electron chi connectivity index (χ4n) is 0.979. The summed E-state index contributed by atoms with van der Waals surface area (Å²) in [5.74, 6) is -0.283. The van der Waals surface area contributed by atoms with Crippen LogP contribution in [-0.4, -0.2) is 43.4 Å². The van der Waals surface area contributed by atoms with Crippen LogP contribution in [0.4, 0.5) is 0 Å². The van der Waals surface area contributed by atoms with Crippen molar-refractivity contribution >= 4 is 25.6 Å². The first-order valence-electron chi connectivity index (χ1n) is 5.59. The molecule has 0 aliphatic carbocycles. The monoisotopic (exact) mass is 296 g/mol. The van der Waals surface area contributed by atoms with Gasteiger partial charge in [0.25, 0.3) is 0 Å². The molecule has 0 spiro atoms. The van der Waals surface area contributed by atoms with Crippen LogP contribution in [0.3, 0.4) is 0 Å². The molecule has 0 aliphatic heterocycles. The Hall–Kier alpha value is -0.381. The molecular weight excluding hydrogens is 275 g/mol. The molecule has 0 heterocycles. The third kappa shape index (κ3) is 8.89. The molecule has 0 radical (unpaired) electrons. The quantitative estimate of drug-likeness (QED) is 0.512. The molecule has 1 unspecified atom stereocenters. The maximum absolute atomic E-state index is 11.2. The van der Waals surface area contributed by atoms with Gasteiger partial charge >= 0.3 is 103 Å². The van der Waals surface area contributed by atoms with Gasteiger partial charge in [0.2, 0.25) is 0 Å². The molecule has 1 N–H and O–H groups in total. The Labute approximate surface area is 103 Å². The first-order chi connectivity index (χ1) is 7.60. The van der Waals surface area contributed by atoms with E-state index >= 15 is 0 Å². The first kappa shape index (κ1) is 15.6. The number of esters is 1. The predicted octanol–water partition coefficient (Wildman–Crippen LogP) is 1.14. The minimum atomic E-state index is -0.693. The van der Waals surface area contributed by atoms with Crippen LogP contribution in [0.1, 0.15) is 39.5 Å². The van der Waals surface area contributed by atoms with Crippen LogP contribution < -0.4 is 0 Å². The van der Waals surface area contributed by atoms with Gasteiger partial charge in [-0.15, -0.1) is 0 Å². The molecule has 0 amide bonds. The van der Waals surface area contributed by atoms with Crippen LogP contribution in [0.2, 0.25) is 5.32 Å². The number of carbonyl (C=O) groups is 2. The van der Waals surface area contributed by atoms with Crippen molar-refractivity contribution in [2.45, 2.75) is 51.0 Å². The number of hydrogen-bond acceptors (Lipinski definition) is 4. The Balaban J connectivity index is 3.54. The Morgan fingerprint density at radius 3 is 2.44 bits per heavy atom. The zero-order valence-corrected chi connectivity index (χ0v) is 11.6. The van der Waals surface area contributed by atoms with Crippen molar-refractivity contribution in [1.29, 1.82) is 0 Å². The van der Waals surface area contributed by atoms with Gasteiger partial charge in [-0.05, 0) is 0 Å². The van der Waals surface area contributed by atoms with E-state index in [0.29, 0.717) is 18.2 Å². The van der Waals surface area contributed by atoms with E-state index in [4.69, 9.17) is 4.74 Å². The average Bonchev–Trinajstić information content (AvgIpc) is 2.24. The summed E-state index contributed by atoms with van der Waals surface area (Å²) in [7, 11) is 0. The molecule has 0 fully saturated rings. The Bertz CT molecular complexity index is 196. The Morgan fingerprint density at radius 1 is 1.25 bits per heavy atom. The molecule has 0 saturated carbocycles. The van der Waals surface area contributed by atoms with Crippen molar-refractivity contribution in [2.75, 3.05) is 6.61 Å². The number of aliphatic hydroxyl groups is 1. The normalized spacial score (nSPS) is 12.2. The first-order valence-corrected chi connectivity index (χ1v) is 7.66. The van der Waals surface area contributed by atoms with Crippen molar-refractivity contribution in [2.24, 2.45) is 0 Å². The molecule has 0 saturated heterocycles. The van der Waals surface area contributed by atoms with E-state index in [0.717, 1.165) is 12.8 Å². The second-order valence-electron chi connectivity index (χ2n) is 3.52. The van der Waals surface area contributed by atoms with Gasteiger partial charge in [-0.25, -0.2) is 0 Å². The van der Waals surface area contributed by atoms with Gasteiger partial charge in [-0.2, -0.15) is 0 Å². The number of rotatable bonds is 9. The van der Waals surface area contributed by atoms with Crippen LogP contribution in [0.5, 0.6) is 0 Å². The molecule has 1 atom stereocenters. The molecule has 0 aromatic rings. The topological polar surface area (TPSA) is 63.6 Å². The molecule has 94 valence electrons. The van der Waals surface area contributed by atoms with Crippen LogP contribution in [-0.2, 0) is 14.3 Å². The summed E-state index contributed by atoms with van der Waals surface area (Å²) in [6.07, 6.45) is 1.87. The standard InChI is InChI=1S/C11H20O4Se/c1-3-5-10(13)15-7-9(12)8-16-11(14)6-4-2/h9,12H,3-8H2,1-2H3. The van der Waals surface area contributed by atoms with Gasteiger partial charge in [0.05, 0.1) is 0 Å². The summed E-state index contributed by atoms with van der Waals surface area (Å²) < 4.78 is 5.06. The molecule has 4 nitrogen and oxygen atoms in total. The van der Waals surface area contributed by atoms with Gasteiger partial charge in [0, 0.05) is 0 Å². The van der Waals surface area contributed by atoms with E-state index in [1.54, 1.807) is 0 Å². The predicted molar refractivity (Wildman–Crippen MR) is 62.3 cm³/mol. The van der Waals surface area contributed by atoms with Crippen molar-refractivity contribution in [1.82, 2.24) is 0 Å². The summed E-state index contributed by atoms with van der Waals surface area (Å²) in [5, 5.41) is 9.91. The number of aliphatic hydroxyl groups excluding tert-OH is 1. The second-order valence-corrected chi connectivity index (χ2v) is 5.78. The van der Waals surface area contributed by atoms with E-state index in [1.807, 2.05) is 13.8 Å². The molecule has 0 aliphatic rings. The summed E-state index contributed by atoms with van der Waals surface area (Å²) in [6, 6.07) is 0. The van der Waals surface area contributed by atoms with Crippen LogP contribution in [0, 0.1) is 0 Å². The van der Waals surface area contributed by atoms with Crippen molar-refractivity contribution < 1.29 is 19.4 Å². The maximum atomic E-state index is 11.2. The minimum absolute atomic E-state index is 0.0139. The number of hydrogen-bond donors (Lipinski definition) is 1. The van der Waals surface area contributed by atoms with Crippen molar-refractivity contribution in [3.8, 4) is 0 Å². The van der Waals surface area contributed by atoms with Gasteiger partial charge in [0.15, 0.2) is 0 Å². The van der Waals surface area contributed by atoms with Gasteiger partial charge in [-0.1, -0.05) is 0 Å². The van der Waals surface area contributed by atoms with E-state index in [9.17, 15) is 14.7 Å². The molecule has 0 bridgehead atoms. The third-order valence-corrected chi connectivity index (χ3v) is 4.04. The summed E-state index contributed by atoms with van der Waals surface area (Å²) in [6.45, 7) is 3.86. The van der Waals surface area contributed by atoms with Crippen molar-refractivity contribution in [3.05, 3.63) is 0 Å². The molecule has 0 aromatic heterocycles. The summed E-state index contributed by atoms with van der Waals surface area (Å²) >= 11 is -0.188. The number of ether oxygens (including phenoxy) is 1. The molecular formula is C11H20O4Se. The van der Waals surface area contributed by atoms with Crippen molar-refractivity contribution in [3.63, 3.8) is 0 Å². The fraction of sp³-hybridized carbons (Fsp3) is 0.818. The Kier molecular flexibility index (Phi) is 9.58. The average molecular weight is 295 g/mol. The third-order valence-electron chi connectivity index (χ3n) is 1.78. The van der Waals surface area contributed by atoms with Gasteiger partial charge < -0.3 is 0 Å².